The summed E-state index contributed by atoms with van der Waals surface area (Å²) in [7, 11) is 0. The smallest absolute Gasteiger partial charge is 0.251 e. The van der Waals surface area contributed by atoms with Crippen molar-refractivity contribution < 1.29 is 14.4 Å². The van der Waals surface area contributed by atoms with Crippen LogP contribution in [0.3, 0.4) is 0 Å². The summed E-state index contributed by atoms with van der Waals surface area (Å²) >= 11 is 6.17. The van der Waals surface area contributed by atoms with Gasteiger partial charge in [-0.2, -0.15) is 10.2 Å². The average Bonchev–Trinajstić information content (AvgIpc) is 2.89. The van der Waals surface area contributed by atoms with E-state index in [1.54, 1.807) is 36.4 Å². The summed E-state index contributed by atoms with van der Waals surface area (Å²) in [6.45, 7) is 11.4. The van der Waals surface area contributed by atoms with E-state index in [1.807, 2.05) is 13.0 Å². The van der Waals surface area contributed by atoms with Gasteiger partial charge in [0.05, 0.1) is 5.02 Å². The molecular formula is C30H41ClN4O3. The van der Waals surface area contributed by atoms with Crippen LogP contribution in [0.2, 0.25) is 5.02 Å². The number of hydrogen-bond acceptors (Lipinski definition) is 6. The second kappa shape index (κ2) is 16.8. The van der Waals surface area contributed by atoms with Crippen LogP contribution in [0.1, 0.15) is 74.4 Å². The first kappa shape index (κ1) is 31.3. The Morgan fingerprint density at radius 2 is 1.58 bits per heavy atom. The van der Waals surface area contributed by atoms with Gasteiger partial charge in [0.15, 0.2) is 17.6 Å². The molecule has 7 nitrogen and oxygen atoms in total. The Bertz CT molecular complexity index is 1080. The van der Waals surface area contributed by atoms with Gasteiger partial charge in [0.1, 0.15) is 5.69 Å². The summed E-state index contributed by atoms with van der Waals surface area (Å²) in [5.41, 5.74) is 2.61. The van der Waals surface area contributed by atoms with Crippen molar-refractivity contribution in [2.75, 3.05) is 26.2 Å². The van der Waals surface area contributed by atoms with Crippen LogP contribution in [0.15, 0.2) is 52.7 Å². The molecule has 2 aromatic rings. The van der Waals surface area contributed by atoms with E-state index in [0.717, 1.165) is 31.6 Å². The highest BCUT2D eigenvalue weighted by molar-refractivity contribution is 6.33. The van der Waals surface area contributed by atoms with Gasteiger partial charge in [-0.15, -0.1) is 0 Å². The maximum absolute atomic E-state index is 12.8. The van der Waals surface area contributed by atoms with E-state index < -0.39 is 6.04 Å². The Hall–Kier alpha value is -2.90. The second-order valence-corrected chi connectivity index (χ2v) is 10.1. The van der Waals surface area contributed by atoms with E-state index in [1.165, 1.54) is 32.6 Å². The van der Waals surface area contributed by atoms with Crippen molar-refractivity contribution in [3.8, 4) is 0 Å². The highest BCUT2D eigenvalue weighted by atomic mass is 35.5. The molecule has 0 aliphatic rings. The van der Waals surface area contributed by atoms with Gasteiger partial charge < -0.3 is 10.2 Å². The number of nitrogens with zero attached hydrogens (tertiary/aromatic N) is 3. The van der Waals surface area contributed by atoms with E-state index in [4.69, 9.17) is 11.6 Å². The molecule has 0 fully saturated rings. The lowest BCUT2D eigenvalue weighted by Gasteiger charge is -2.21. The van der Waals surface area contributed by atoms with Crippen LogP contribution in [0.4, 0.5) is 5.69 Å². The molecule has 206 valence electrons. The number of amides is 1. The minimum Gasteiger partial charge on any atom is -0.352 e. The minimum atomic E-state index is -1.20. The molecule has 0 aliphatic heterocycles. The Balaban J connectivity index is 1.88. The summed E-state index contributed by atoms with van der Waals surface area (Å²) in [6.07, 6.45) is 5.67. The lowest BCUT2D eigenvalue weighted by molar-refractivity contribution is -0.127. The zero-order chi connectivity index (χ0) is 27.9. The molecule has 1 N–H and O–H groups in total. The predicted molar refractivity (Wildman–Crippen MR) is 154 cm³/mol. The highest BCUT2D eigenvalue weighted by Gasteiger charge is 2.23. The van der Waals surface area contributed by atoms with Crippen molar-refractivity contribution in [3.05, 3.63) is 64.2 Å². The Kier molecular flexibility index (Phi) is 13.9. The molecule has 0 radical (unpaired) electrons. The van der Waals surface area contributed by atoms with Crippen molar-refractivity contribution in [1.29, 1.82) is 0 Å². The molecular weight excluding hydrogens is 500 g/mol. The summed E-state index contributed by atoms with van der Waals surface area (Å²) in [6, 6.07) is 10.9. The summed E-state index contributed by atoms with van der Waals surface area (Å²) < 4.78 is 0. The molecule has 0 bridgehead atoms. The van der Waals surface area contributed by atoms with Gasteiger partial charge in [-0.05, 0) is 88.1 Å². The fourth-order valence-corrected chi connectivity index (χ4v) is 4.24. The van der Waals surface area contributed by atoms with E-state index in [9.17, 15) is 14.4 Å². The van der Waals surface area contributed by atoms with E-state index in [-0.39, 0.29) is 23.9 Å². The van der Waals surface area contributed by atoms with Crippen LogP contribution in [-0.4, -0.2) is 54.6 Å². The molecule has 0 saturated carbocycles. The average molecular weight is 541 g/mol. The third-order valence-electron chi connectivity index (χ3n) is 6.26. The maximum atomic E-state index is 12.8. The Morgan fingerprint density at radius 3 is 2.16 bits per heavy atom. The van der Waals surface area contributed by atoms with Crippen LogP contribution in [0.25, 0.3) is 0 Å². The van der Waals surface area contributed by atoms with Crippen molar-refractivity contribution in [1.82, 2.24) is 10.2 Å². The predicted octanol–water partition coefficient (Wildman–Crippen LogP) is 6.52. The molecule has 0 aliphatic carbocycles. The Morgan fingerprint density at radius 1 is 0.947 bits per heavy atom. The van der Waals surface area contributed by atoms with Crippen molar-refractivity contribution in [2.24, 2.45) is 10.2 Å². The van der Waals surface area contributed by atoms with Crippen LogP contribution >= 0.6 is 11.6 Å². The second-order valence-electron chi connectivity index (χ2n) is 9.68. The van der Waals surface area contributed by atoms with Crippen LogP contribution in [0.5, 0.6) is 0 Å². The fourth-order valence-electron chi connectivity index (χ4n) is 3.96. The molecule has 2 rings (SSSR count). The molecule has 38 heavy (non-hydrogen) atoms. The van der Waals surface area contributed by atoms with Gasteiger partial charge in [-0.25, -0.2) is 0 Å². The van der Waals surface area contributed by atoms with Gasteiger partial charge in [-0.3, -0.25) is 14.4 Å². The number of aryl methyl sites for hydroxylation is 1. The van der Waals surface area contributed by atoms with Crippen LogP contribution in [0, 0.1) is 6.92 Å². The lowest BCUT2D eigenvalue weighted by Crippen LogP contribution is -2.31. The highest BCUT2D eigenvalue weighted by Crippen LogP contribution is 2.26. The molecule has 2 aromatic carbocycles. The number of benzene rings is 2. The molecule has 1 atom stereocenters. The SMILES string of the molecule is CCCCN(CCCC)CCCNC(=O)c1ccc(CC(=O)C(N=Nc2ccc(C)cc2Cl)C(C)=O)cc1. The van der Waals surface area contributed by atoms with Gasteiger partial charge in [0.25, 0.3) is 5.91 Å². The van der Waals surface area contributed by atoms with Crippen molar-refractivity contribution >= 4 is 34.8 Å². The lowest BCUT2D eigenvalue weighted by atomic mass is 10.0. The molecule has 0 heterocycles. The largest absolute Gasteiger partial charge is 0.352 e. The number of unbranched alkanes of at least 4 members (excludes halogenated alkanes) is 2. The van der Waals surface area contributed by atoms with E-state index >= 15 is 0 Å². The number of carbonyl (C=O) groups excluding carboxylic acids is 3. The number of halogens is 1. The van der Waals surface area contributed by atoms with Crippen molar-refractivity contribution in [2.45, 2.75) is 72.3 Å². The van der Waals surface area contributed by atoms with Crippen LogP contribution < -0.4 is 5.32 Å². The van der Waals surface area contributed by atoms with Crippen molar-refractivity contribution in [3.63, 3.8) is 0 Å². The quantitative estimate of drug-likeness (QED) is 0.140. The van der Waals surface area contributed by atoms with Crippen LogP contribution in [-0.2, 0) is 16.0 Å². The number of rotatable bonds is 17. The Labute approximate surface area is 232 Å². The number of hydrogen-bond donors (Lipinski definition) is 1. The first-order valence-electron chi connectivity index (χ1n) is 13.5. The molecule has 1 amide bonds. The first-order chi connectivity index (χ1) is 18.2. The third kappa shape index (κ3) is 10.8. The fraction of sp³-hybridized carbons (Fsp3) is 0.500. The number of azo groups is 1. The molecule has 0 spiro atoms. The topological polar surface area (TPSA) is 91.2 Å². The molecule has 8 heteroatoms. The normalized spacial score (nSPS) is 12.2. The zero-order valence-corrected chi connectivity index (χ0v) is 23.9. The molecule has 1 unspecified atom stereocenters. The monoisotopic (exact) mass is 540 g/mol. The summed E-state index contributed by atoms with van der Waals surface area (Å²) in [4.78, 5) is 39.9. The minimum absolute atomic E-state index is 0.0121. The number of Topliss-reactive ketones (excluding diaryl/α,β-unsaturated/α-hetero) is 2. The number of nitrogens with one attached hydrogen (secondary N) is 1. The molecule has 0 saturated heterocycles. The summed E-state index contributed by atoms with van der Waals surface area (Å²) in [5.74, 6) is -0.889. The number of carbonyl (C=O) groups is 3. The van der Waals surface area contributed by atoms with Gasteiger partial charge in [0, 0.05) is 18.5 Å². The van der Waals surface area contributed by atoms with E-state index in [0.29, 0.717) is 28.4 Å². The third-order valence-corrected chi connectivity index (χ3v) is 6.56. The van der Waals surface area contributed by atoms with Gasteiger partial charge >= 0.3 is 0 Å². The maximum Gasteiger partial charge on any atom is 0.251 e. The first-order valence-corrected chi connectivity index (χ1v) is 13.9. The van der Waals surface area contributed by atoms with Gasteiger partial charge in [0.2, 0.25) is 0 Å². The number of ketones is 2. The molecule has 0 aromatic heterocycles. The van der Waals surface area contributed by atoms with Gasteiger partial charge in [-0.1, -0.05) is 56.5 Å². The standard InChI is InChI=1S/C30H41ClN4O3/c1-5-7-17-35(18-8-6-2)19-9-16-32-30(38)25-13-11-24(12-14-25)21-28(37)29(23(4)36)34-33-27-15-10-22(3)20-26(27)31/h10-15,20,29H,5-9,16-19,21H2,1-4H3,(H,32,38). The zero-order valence-electron chi connectivity index (χ0n) is 23.1. The van der Waals surface area contributed by atoms with E-state index in [2.05, 4.69) is 34.3 Å². The summed E-state index contributed by atoms with van der Waals surface area (Å²) in [5, 5.41) is 11.4.